The third-order valence-corrected chi connectivity index (χ3v) is 7.96. The molecule has 0 bridgehead atoms. The molecule has 2 aromatic rings. The van der Waals surface area contributed by atoms with Gasteiger partial charge in [-0.25, -0.2) is 17.8 Å². The van der Waals surface area contributed by atoms with Crippen molar-refractivity contribution in [1.82, 2.24) is 9.88 Å². The van der Waals surface area contributed by atoms with Crippen molar-refractivity contribution in [3.63, 3.8) is 0 Å². The molecule has 2 heterocycles. The van der Waals surface area contributed by atoms with E-state index in [-0.39, 0.29) is 42.8 Å². The molecule has 30 heavy (non-hydrogen) atoms. The van der Waals surface area contributed by atoms with Crippen LogP contribution in [0, 0.1) is 5.82 Å². The first-order valence-electron chi connectivity index (χ1n) is 10.3. The highest BCUT2D eigenvalue weighted by atomic mass is 32.2. The van der Waals surface area contributed by atoms with E-state index in [0.29, 0.717) is 11.4 Å². The molecule has 6 nitrogen and oxygen atoms in total. The van der Waals surface area contributed by atoms with Gasteiger partial charge in [0.2, 0.25) is 5.88 Å². The van der Waals surface area contributed by atoms with Gasteiger partial charge in [-0.1, -0.05) is 18.2 Å². The van der Waals surface area contributed by atoms with Crippen LogP contribution in [0.25, 0.3) is 0 Å². The first-order chi connectivity index (χ1) is 14.4. The molecule has 8 heteroatoms. The van der Waals surface area contributed by atoms with Crippen LogP contribution in [0.5, 0.6) is 5.88 Å². The number of hydrogen-bond acceptors (Lipinski definition) is 5. The van der Waals surface area contributed by atoms with E-state index < -0.39 is 20.9 Å². The van der Waals surface area contributed by atoms with Crippen molar-refractivity contribution >= 4 is 15.7 Å². The lowest BCUT2D eigenvalue weighted by molar-refractivity contribution is 0.0766. The average Bonchev–Trinajstić information content (AvgIpc) is 3.19. The first-order valence-corrected chi connectivity index (χ1v) is 12.0. The lowest BCUT2D eigenvalue weighted by Crippen LogP contribution is -2.33. The maximum absolute atomic E-state index is 14.2. The summed E-state index contributed by atoms with van der Waals surface area (Å²) in [7, 11) is -3.57. The highest BCUT2D eigenvalue weighted by molar-refractivity contribution is 7.91. The summed E-state index contributed by atoms with van der Waals surface area (Å²) in [5.74, 6) is -0.516. The Morgan fingerprint density at radius 2 is 1.83 bits per heavy atom. The van der Waals surface area contributed by atoms with Gasteiger partial charge in [0, 0.05) is 30.9 Å². The largest absolute Gasteiger partial charge is 0.474 e. The number of ether oxygens (including phenoxy) is 1. The first kappa shape index (κ1) is 20.8. The summed E-state index contributed by atoms with van der Waals surface area (Å²) < 4.78 is 45.5. The van der Waals surface area contributed by atoms with E-state index in [1.807, 2.05) is 0 Å². The minimum absolute atomic E-state index is 0.0758. The second-order valence-corrected chi connectivity index (χ2v) is 10.2. The van der Waals surface area contributed by atoms with Crippen molar-refractivity contribution in [2.24, 2.45) is 0 Å². The standard InChI is InChI=1S/C22H25FN2O4S/c23-19-8-4-3-7-18(19)20-11-12-25(13-14-30(20,27)28)22(26)16-9-10-21(24-15-16)29-17-5-1-2-6-17/h3-4,7-10,15,17,20H,1-2,5-6,11-14H2. The topological polar surface area (TPSA) is 76.6 Å². The number of carbonyl (C=O) groups is 1. The minimum Gasteiger partial charge on any atom is -0.474 e. The summed E-state index contributed by atoms with van der Waals surface area (Å²) >= 11 is 0. The van der Waals surface area contributed by atoms with Gasteiger partial charge < -0.3 is 9.64 Å². The molecule has 1 atom stereocenters. The van der Waals surface area contributed by atoms with Gasteiger partial charge in [-0.3, -0.25) is 4.79 Å². The molecule has 160 valence electrons. The Hall–Kier alpha value is -2.48. The van der Waals surface area contributed by atoms with E-state index in [1.54, 1.807) is 18.2 Å². The molecule has 1 saturated carbocycles. The molecular formula is C22H25FN2O4S. The number of hydrogen-bond donors (Lipinski definition) is 0. The van der Waals surface area contributed by atoms with Crippen molar-refractivity contribution in [3.05, 3.63) is 59.5 Å². The van der Waals surface area contributed by atoms with Crippen LogP contribution in [-0.2, 0) is 9.84 Å². The van der Waals surface area contributed by atoms with Crippen LogP contribution < -0.4 is 4.74 Å². The van der Waals surface area contributed by atoms with Gasteiger partial charge in [-0.2, -0.15) is 0 Å². The van der Waals surface area contributed by atoms with E-state index in [1.165, 1.54) is 29.3 Å². The number of pyridine rings is 1. The summed E-state index contributed by atoms with van der Waals surface area (Å²) in [4.78, 5) is 18.7. The van der Waals surface area contributed by atoms with Gasteiger partial charge in [0.15, 0.2) is 9.84 Å². The SMILES string of the molecule is O=C(c1ccc(OC2CCCC2)nc1)N1CCC(c2ccccc2F)S(=O)(=O)CC1. The van der Waals surface area contributed by atoms with Crippen molar-refractivity contribution in [3.8, 4) is 5.88 Å². The van der Waals surface area contributed by atoms with E-state index in [2.05, 4.69) is 4.98 Å². The Morgan fingerprint density at radius 3 is 2.53 bits per heavy atom. The van der Waals surface area contributed by atoms with Crippen LogP contribution in [-0.4, -0.2) is 49.2 Å². The van der Waals surface area contributed by atoms with E-state index >= 15 is 0 Å². The number of halogens is 1. The van der Waals surface area contributed by atoms with Crippen LogP contribution in [0.15, 0.2) is 42.6 Å². The fourth-order valence-corrected chi connectivity index (χ4v) is 5.97. The Balaban J connectivity index is 1.45. The fraction of sp³-hybridized carbons (Fsp3) is 0.455. The van der Waals surface area contributed by atoms with Gasteiger partial charge in [-0.05, 0) is 44.2 Å². The summed E-state index contributed by atoms with van der Waals surface area (Å²) in [6, 6.07) is 9.27. The molecule has 2 aliphatic rings. The molecule has 1 aromatic heterocycles. The van der Waals surface area contributed by atoms with Crippen LogP contribution >= 0.6 is 0 Å². The molecule has 0 N–H and O–H groups in total. The average molecular weight is 433 g/mol. The second kappa shape index (κ2) is 8.71. The summed E-state index contributed by atoms with van der Waals surface area (Å²) in [5, 5.41) is -0.947. The number of amides is 1. The van der Waals surface area contributed by atoms with E-state index in [0.717, 1.165) is 25.7 Å². The Kier molecular flexibility index (Phi) is 6.04. The Bertz CT molecular complexity index is 1000. The van der Waals surface area contributed by atoms with E-state index in [4.69, 9.17) is 4.74 Å². The van der Waals surface area contributed by atoms with Gasteiger partial charge in [0.25, 0.3) is 5.91 Å². The van der Waals surface area contributed by atoms with Crippen molar-refractivity contribution in [1.29, 1.82) is 0 Å². The molecule has 1 aromatic carbocycles. The third-order valence-electron chi connectivity index (χ3n) is 5.85. The number of nitrogens with zero attached hydrogens (tertiary/aromatic N) is 2. The number of sulfone groups is 1. The molecule has 1 unspecified atom stereocenters. The summed E-state index contributed by atoms with van der Waals surface area (Å²) in [6.45, 7) is 0.309. The molecule has 0 spiro atoms. The Morgan fingerprint density at radius 1 is 1.07 bits per heavy atom. The molecule has 2 fully saturated rings. The lowest BCUT2D eigenvalue weighted by Gasteiger charge is -2.20. The zero-order chi connectivity index (χ0) is 21.1. The lowest BCUT2D eigenvalue weighted by atomic mass is 10.1. The fourth-order valence-electron chi connectivity index (χ4n) is 4.17. The molecule has 1 amide bonds. The predicted molar refractivity (Wildman–Crippen MR) is 111 cm³/mol. The minimum atomic E-state index is -3.57. The summed E-state index contributed by atoms with van der Waals surface area (Å²) in [5.41, 5.74) is 0.553. The monoisotopic (exact) mass is 432 g/mol. The van der Waals surface area contributed by atoms with Crippen LogP contribution in [0.1, 0.15) is 53.3 Å². The Labute approximate surface area is 176 Å². The number of carbonyl (C=O) groups excluding carboxylic acids is 1. The van der Waals surface area contributed by atoms with Crippen molar-refractivity contribution in [2.45, 2.75) is 43.5 Å². The highest BCUT2D eigenvalue weighted by Gasteiger charge is 2.34. The quantitative estimate of drug-likeness (QED) is 0.739. The second-order valence-electron chi connectivity index (χ2n) is 7.87. The van der Waals surface area contributed by atoms with Crippen molar-refractivity contribution in [2.75, 3.05) is 18.8 Å². The van der Waals surface area contributed by atoms with Crippen molar-refractivity contribution < 1.29 is 22.3 Å². The maximum atomic E-state index is 14.2. The zero-order valence-electron chi connectivity index (χ0n) is 16.7. The normalized spacial score (nSPS) is 21.9. The van der Waals surface area contributed by atoms with Crippen LogP contribution in [0.4, 0.5) is 4.39 Å². The predicted octanol–water partition coefficient (Wildman–Crippen LogP) is 3.54. The van der Waals surface area contributed by atoms with Gasteiger partial charge in [-0.15, -0.1) is 0 Å². The number of rotatable bonds is 4. The van der Waals surface area contributed by atoms with Gasteiger partial charge in [0.05, 0.1) is 16.6 Å². The third kappa shape index (κ3) is 4.48. The zero-order valence-corrected chi connectivity index (χ0v) is 17.5. The number of aromatic nitrogens is 1. The maximum Gasteiger partial charge on any atom is 0.255 e. The smallest absolute Gasteiger partial charge is 0.255 e. The van der Waals surface area contributed by atoms with E-state index in [9.17, 15) is 17.6 Å². The highest BCUT2D eigenvalue weighted by Crippen LogP contribution is 2.31. The molecule has 1 aliphatic carbocycles. The van der Waals surface area contributed by atoms with Gasteiger partial charge >= 0.3 is 0 Å². The molecule has 0 radical (unpaired) electrons. The molecule has 4 rings (SSSR count). The molecule has 1 aliphatic heterocycles. The molecule has 1 saturated heterocycles. The summed E-state index contributed by atoms with van der Waals surface area (Å²) in [6.07, 6.45) is 6.18. The molecular weight excluding hydrogens is 407 g/mol. The van der Waals surface area contributed by atoms with Crippen LogP contribution in [0.3, 0.4) is 0 Å². The number of benzene rings is 1. The van der Waals surface area contributed by atoms with Gasteiger partial charge in [0.1, 0.15) is 11.9 Å². The van der Waals surface area contributed by atoms with Crippen LogP contribution in [0.2, 0.25) is 0 Å².